The molecule has 1 unspecified atom stereocenters. The molecule has 0 aromatic heterocycles. The molecule has 0 amide bonds. The summed E-state index contributed by atoms with van der Waals surface area (Å²) in [6.07, 6.45) is 0.269. The van der Waals surface area contributed by atoms with Crippen LogP contribution in [0.2, 0.25) is 0 Å². The SMILES string of the molecule is c1ccc2cc(NCC3CNCCO3)ccc2c1. The van der Waals surface area contributed by atoms with Crippen molar-refractivity contribution >= 4 is 16.5 Å². The maximum atomic E-state index is 5.66. The van der Waals surface area contributed by atoms with Crippen molar-refractivity contribution in [3.8, 4) is 0 Å². The highest BCUT2D eigenvalue weighted by molar-refractivity contribution is 5.85. The molecule has 1 atom stereocenters. The first-order chi connectivity index (χ1) is 8.92. The number of anilines is 1. The van der Waals surface area contributed by atoms with Crippen molar-refractivity contribution in [1.29, 1.82) is 0 Å². The number of nitrogens with one attached hydrogen (secondary N) is 2. The second kappa shape index (κ2) is 5.38. The summed E-state index contributed by atoms with van der Waals surface area (Å²) in [5.41, 5.74) is 1.16. The maximum absolute atomic E-state index is 5.66. The van der Waals surface area contributed by atoms with Crippen LogP contribution in [0, 0.1) is 0 Å². The Balaban J connectivity index is 1.66. The summed E-state index contributed by atoms with van der Waals surface area (Å²) in [6.45, 7) is 3.56. The zero-order valence-corrected chi connectivity index (χ0v) is 10.4. The average molecular weight is 242 g/mol. The molecule has 3 rings (SSSR count). The Kier molecular flexibility index (Phi) is 3.44. The Morgan fingerprint density at radius 1 is 1.17 bits per heavy atom. The molecular weight excluding hydrogens is 224 g/mol. The highest BCUT2D eigenvalue weighted by atomic mass is 16.5. The van der Waals surface area contributed by atoms with Gasteiger partial charge in [-0.1, -0.05) is 30.3 Å². The van der Waals surface area contributed by atoms with E-state index in [1.165, 1.54) is 10.8 Å². The smallest absolute Gasteiger partial charge is 0.0872 e. The van der Waals surface area contributed by atoms with Crippen LogP contribution in [0.25, 0.3) is 10.8 Å². The molecule has 2 aromatic rings. The second-order valence-electron chi connectivity index (χ2n) is 4.64. The fourth-order valence-corrected chi connectivity index (χ4v) is 2.28. The molecular formula is C15H18N2O. The minimum absolute atomic E-state index is 0.269. The largest absolute Gasteiger partial charge is 0.382 e. The van der Waals surface area contributed by atoms with E-state index in [1.807, 2.05) is 0 Å². The predicted molar refractivity (Wildman–Crippen MR) is 75.0 cm³/mol. The van der Waals surface area contributed by atoms with E-state index in [4.69, 9.17) is 4.74 Å². The molecule has 3 heteroatoms. The van der Waals surface area contributed by atoms with Gasteiger partial charge < -0.3 is 15.4 Å². The highest BCUT2D eigenvalue weighted by Crippen LogP contribution is 2.18. The lowest BCUT2D eigenvalue weighted by atomic mass is 10.1. The maximum Gasteiger partial charge on any atom is 0.0872 e. The minimum Gasteiger partial charge on any atom is -0.382 e. The van der Waals surface area contributed by atoms with Gasteiger partial charge in [0.25, 0.3) is 0 Å². The zero-order valence-electron chi connectivity index (χ0n) is 10.4. The topological polar surface area (TPSA) is 33.3 Å². The van der Waals surface area contributed by atoms with Crippen molar-refractivity contribution in [2.24, 2.45) is 0 Å². The van der Waals surface area contributed by atoms with Crippen LogP contribution in [0.15, 0.2) is 42.5 Å². The van der Waals surface area contributed by atoms with E-state index in [0.29, 0.717) is 0 Å². The van der Waals surface area contributed by atoms with Crippen LogP contribution in [-0.4, -0.2) is 32.3 Å². The fraction of sp³-hybridized carbons (Fsp3) is 0.333. The normalized spacial score (nSPS) is 19.9. The molecule has 1 fully saturated rings. The van der Waals surface area contributed by atoms with Gasteiger partial charge in [0.05, 0.1) is 12.7 Å². The molecule has 18 heavy (non-hydrogen) atoms. The summed E-state index contributed by atoms with van der Waals surface area (Å²) in [5, 5.41) is 9.32. The zero-order chi connectivity index (χ0) is 12.2. The van der Waals surface area contributed by atoms with Crippen molar-refractivity contribution in [2.45, 2.75) is 6.10 Å². The standard InChI is InChI=1S/C15H18N2O/c1-2-4-13-9-14(6-5-12(13)3-1)17-11-15-10-16-7-8-18-15/h1-6,9,15-17H,7-8,10-11H2. The third-order valence-corrected chi connectivity index (χ3v) is 3.29. The molecule has 94 valence electrons. The quantitative estimate of drug-likeness (QED) is 0.866. The third kappa shape index (κ3) is 2.63. The molecule has 0 saturated carbocycles. The Bertz CT molecular complexity index is 521. The molecule has 1 aliphatic heterocycles. The van der Waals surface area contributed by atoms with Crippen molar-refractivity contribution in [2.75, 3.05) is 31.6 Å². The van der Waals surface area contributed by atoms with Crippen LogP contribution in [0.1, 0.15) is 0 Å². The van der Waals surface area contributed by atoms with Gasteiger partial charge in [-0.25, -0.2) is 0 Å². The monoisotopic (exact) mass is 242 g/mol. The molecule has 0 aliphatic carbocycles. The van der Waals surface area contributed by atoms with Gasteiger partial charge in [-0.15, -0.1) is 0 Å². The average Bonchev–Trinajstić information content (AvgIpc) is 2.46. The first-order valence-corrected chi connectivity index (χ1v) is 6.47. The summed E-state index contributed by atoms with van der Waals surface area (Å²) >= 11 is 0. The number of fused-ring (bicyclic) bond motifs is 1. The lowest BCUT2D eigenvalue weighted by Gasteiger charge is -2.24. The number of hydrogen-bond donors (Lipinski definition) is 2. The second-order valence-corrected chi connectivity index (χ2v) is 4.64. The first-order valence-electron chi connectivity index (χ1n) is 6.47. The van der Waals surface area contributed by atoms with Crippen LogP contribution in [0.5, 0.6) is 0 Å². The van der Waals surface area contributed by atoms with E-state index < -0.39 is 0 Å². The molecule has 0 radical (unpaired) electrons. The van der Waals surface area contributed by atoms with Crippen LogP contribution in [0.3, 0.4) is 0 Å². The molecule has 1 heterocycles. The summed E-state index contributed by atoms with van der Waals surface area (Å²) in [5.74, 6) is 0. The van der Waals surface area contributed by atoms with Gasteiger partial charge in [0.2, 0.25) is 0 Å². The Morgan fingerprint density at radius 3 is 2.89 bits per heavy atom. The van der Waals surface area contributed by atoms with E-state index in [-0.39, 0.29) is 6.10 Å². The van der Waals surface area contributed by atoms with Crippen molar-refractivity contribution in [3.05, 3.63) is 42.5 Å². The van der Waals surface area contributed by atoms with E-state index in [9.17, 15) is 0 Å². The van der Waals surface area contributed by atoms with Crippen LogP contribution in [-0.2, 0) is 4.74 Å². The Labute approximate surface area is 107 Å². The van der Waals surface area contributed by atoms with Crippen LogP contribution >= 0.6 is 0 Å². The van der Waals surface area contributed by atoms with E-state index >= 15 is 0 Å². The summed E-state index contributed by atoms with van der Waals surface area (Å²) in [7, 11) is 0. The van der Waals surface area contributed by atoms with Gasteiger partial charge in [0, 0.05) is 25.3 Å². The Hall–Kier alpha value is -1.58. The number of rotatable bonds is 3. The number of benzene rings is 2. The molecule has 1 saturated heterocycles. The summed E-state index contributed by atoms with van der Waals surface area (Å²) in [4.78, 5) is 0. The number of morpholine rings is 1. The summed E-state index contributed by atoms with van der Waals surface area (Å²) in [6, 6.07) is 14.9. The number of ether oxygens (including phenoxy) is 1. The van der Waals surface area contributed by atoms with E-state index in [0.717, 1.165) is 31.9 Å². The summed E-state index contributed by atoms with van der Waals surface area (Å²) < 4.78 is 5.66. The van der Waals surface area contributed by atoms with Crippen molar-refractivity contribution < 1.29 is 4.74 Å². The van der Waals surface area contributed by atoms with Crippen LogP contribution < -0.4 is 10.6 Å². The van der Waals surface area contributed by atoms with E-state index in [1.54, 1.807) is 0 Å². The van der Waals surface area contributed by atoms with E-state index in [2.05, 4.69) is 53.1 Å². The lowest BCUT2D eigenvalue weighted by molar-refractivity contribution is 0.0372. The highest BCUT2D eigenvalue weighted by Gasteiger charge is 2.12. The molecule has 0 spiro atoms. The molecule has 2 aromatic carbocycles. The van der Waals surface area contributed by atoms with Gasteiger partial charge in [-0.2, -0.15) is 0 Å². The Morgan fingerprint density at radius 2 is 2.06 bits per heavy atom. The molecule has 3 nitrogen and oxygen atoms in total. The van der Waals surface area contributed by atoms with Gasteiger partial charge >= 0.3 is 0 Å². The third-order valence-electron chi connectivity index (χ3n) is 3.29. The predicted octanol–water partition coefficient (Wildman–Crippen LogP) is 2.24. The van der Waals surface area contributed by atoms with Gasteiger partial charge in [-0.3, -0.25) is 0 Å². The molecule has 2 N–H and O–H groups in total. The lowest BCUT2D eigenvalue weighted by Crippen LogP contribution is -2.42. The van der Waals surface area contributed by atoms with Gasteiger partial charge in [0.15, 0.2) is 0 Å². The fourth-order valence-electron chi connectivity index (χ4n) is 2.28. The minimum atomic E-state index is 0.269. The van der Waals surface area contributed by atoms with Crippen LogP contribution in [0.4, 0.5) is 5.69 Å². The van der Waals surface area contributed by atoms with Gasteiger partial charge in [0.1, 0.15) is 0 Å². The molecule has 0 bridgehead atoms. The molecule has 1 aliphatic rings. The number of hydrogen-bond acceptors (Lipinski definition) is 3. The van der Waals surface area contributed by atoms with Crippen molar-refractivity contribution in [3.63, 3.8) is 0 Å². The van der Waals surface area contributed by atoms with Crippen molar-refractivity contribution in [1.82, 2.24) is 5.32 Å². The van der Waals surface area contributed by atoms with Gasteiger partial charge in [-0.05, 0) is 22.9 Å². The first kappa shape index (κ1) is 11.5.